The molecule has 0 amide bonds. The monoisotopic (exact) mass is 329 g/mol. The highest BCUT2D eigenvalue weighted by atomic mass is 16.6. The van der Waals surface area contributed by atoms with Crippen molar-refractivity contribution in [1.29, 1.82) is 0 Å². The smallest absolute Gasteiger partial charge is 0.335 e. The van der Waals surface area contributed by atoms with E-state index in [0.717, 1.165) is 6.08 Å². The minimum atomic E-state index is -1.26. The van der Waals surface area contributed by atoms with Crippen LogP contribution in [0.3, 0.4) is 0 Å². The van der Waals surface area contributed by atoms with Gasteiger partial charge >= 0.3 is 5.97 Å². The molecule has 1 aliphatic rings. The zero-order chi connectivity index (χ0) is 17.7. The number of carboxylic acid groups (broad SMARTS) is 1. The van der Waals surface area contributed by atoms with Gasteiger partial charge in [0.05, 0.1) is 10.5 Å². The van der Waals surface area contributed by atoms with Crippen molar-refractivity contribution in [3.05, 3.63) is 63.8 Å². The summed E-state index contributed by atoms with van der Waals surface area (Å²) >= 11 is 0. The van der Waals surface area contributed by atoms with Crippen LogP contribution in [0.2, 0.25) is 0 Å². The summed E-state index contributed by atoms with van der Waals surface area (Å²) < 4.78 is 5.53. The highest BCUT2D eigenvalue weighted by molar-refractivity contribution is 5.93. The molecule has 124 valence electrons. The number of oxazole rings is 1. The van der Waals surface area contributed by atoms with Crippen LogP contribution in [-0.2, 0) is 4.79 Å². The molecule has 2 aromatic rings. The quantitative estimate of drug-likeness (QED) is 0.678. The first-order valence-electron chi connectivity index (χ1n) is 7.26. The molecule has 2 heterocycles. The lowest BCUT2D eigenvalue weighted by molar-refractivity contribution is -0.419. The Labute approximate surface area is 137 Å². The SMILES string of the molecule is CC.O=C(O)C1=CC([N+](=O)[O-])=CCC(c2nc3ncccc3o2)=C1. The molecule has 24 heavy (non-hydrogen) atoms. The number of pyridine rings is 1. The van der Waals surface area contributed by atoms with E-state index in [9.17, 15) is 14.9 Å². The van der Waals surface area contributed by atoms with Gasteiger partial charge in [0, 0.05) is 24.3 Å². The molecule has 0 unspecified atom stereocenters. The maximum Gasteiger partial charge on any atom is 0.335 e. The number of aliphatic carboxylic acids is 1. The van der Waals surface area contributed by atoms with Crippen molar-refractivity contribution in [3.63, 3.8) is 0 Å². The Morgan fingerprint density at radius 1 is 1.38 bits per heavy atom. The molecule has 0 aromatic carbocycles. The van der Waals surface area contributed by atoms with E-state index in [1.54, 1.807) is 18.3 Å². The maximum atomic E-state index is 11.2. The van der Waals surface area contributed by atoms with Crippen LogP contribution in [0.15, 0.2) is 52.2 Å². The van der Waals surface area contributed by atoms with Crippen molar-refractivity contribution < 1.29 is 19.2 Å². The number of nitrogens with zero attached hydrogens (tertiary/aromatic N) is 3. The number of aromatic nitrogens is 2. The zero-order valence-corrected chi connectivity index (χ0v) is 13.1. The predicted molar refractivity (Wildman–Crippen MR) is 86.5 cm³/mol. The van der Waals surface area contributed by atoms with Crippen molar-refractivity contribution in [3.8, 4) is 0 Å². The first-order chi connectivity index (χ1) is 11.5. The standard InChI is InChI=1S/C14H9N3O5.C2H6/c18-14(19)9-6-8(3-4-10(7-9)17(20)21)13-16-12-11(22-13)2-1-5-15-12;1-2/h1-2,4-7H,3H2,(H,18,19);1-2H3. The first-order valence-corrected chi connectivity index (χ1v) is 7.26. The highest BCUT2D eigenvalue weighted by Gasteiger charge is 2.20. The minimum absolute atomic E-state index is 0.135. The van der Waals surface area contributed by atoms with Crippen LogP contribution >= 0.6 is 0 Å². The van der Waals surface area contributed by atoms with E-state index in [2.05, 4.69) is 9.97 Å². The molecule has 8 heteroatoms. The van der Waals surface area contributed by atoms with Gasteiger partial charge in [0.1, 0.15) is 0 Å². The van der Waals surface area contributed by atoms with Crippen molar-refractivity contribution in [1.82, 2.24) is 9.97 Å². The summed E-state index contributed by atoms with van der Waals surface area (Å²) in [6.07, 6.45) is 5.35. The second kappa shape index (κ2) is 7.32. The van der Waals surface area contributed by atoms with Crippen LogP contribution in [-0.4, -0.2) is 26.0 Å². The van der Waals surface area contributed by atoms with Gasteiger partial charge in [-0.15, -0.1) is 0 Å². The second-order valence-corrected chi connectivity index (χ2v) is 4.51. The van der Waals surface area contributed by atoms with Crippen molar-refractivity contribution in [2.24, 2.45) is 0 Å². The van der Waals surface area contributed by atoms with Crippen LogP contribution in [0.25, 0.3) is 16.8 Å². The third-order valence-corrected chi connectivity index (χ3v) is 3.06. The van der Waals surface area contributed by atoms with Gasteiger partial charge in [-0.3, -0.25) is 10.1 Å². The number of carboxylic acids is 1. The van der Waals surface area contributed by atoms with Crippen LogP contribution in [0, 0.1) is 10.1 Å². The van der Waals surface area contributed by atoms with Gasteiger partial charge in [0.2, 0.25) is 5.89 Å². The fourth-order valence-corrected chi connectivity index (χ4v) is 2.03. The molecule has 1 N–H and O–H groups in total. The third-order valence-electron chi connectivity index (χ3n) is 3.06. The average Bonchev–Trinajstić information content (AvgIpc) is 2.87. The molecular formula is C16H15N3O5. The molecule has 1 aliphatic carbocycles. The van der Waals surface area contributed by atoms with Gasteiger partial charge in [-0.1, -0.05) is 13.8 Å². The summed E-state index contributed by atoms with van der Waals surface area (Å²) in [7, 11) is 0. The molecule has 0 aliphatic heterocycles. The van der Waals surface area contributed by atoms with Crippen molar-refractivity contribution in [2.75, 3.05) is 0 Å². The van der Waals surface area contributed by atoms with Gasteiger partial charge in [-0.25, -0.2) is 9.78 Å². The van der Waals surface area contributed by atoms with E-state index in [4.69, 9.17) is 9.52 Å². The predicted octanol–water partition coefficient (Wildman–Crippen LogP) is 3.21. The molecule has 8 nitrogen and oxygen atoms in total. The van der Waals surface area contributed by atoms with Crippen molar-refractivity contribution in [2.45, 2.75) is 20.3 Å². The van der Waals surface area contributed by atoms with E-state index in [0.29, 0.717) is 16.8 Å². The third kappa shape index (κ3) is 3.54. The fraction of sp³-hybridized carbons (Fsp3) is 0.188. The second-order valence-electron chi connectivity index (χ2n) is 4.51. The van der Waals surface area contributed by atoms with Crippen LogP contribution in [0.5, 0.6) is 0 Å². The summed E-state index contributed by atoms with van der Waals surface area (Å²) in [5, 5.41) is 20.0. The first kappa shape index (κ1) is 17.1. The molecule has 0 saturated carbocycles. The summed E-state index contributed by atoms with van der Waals surface area (Å²) in [5.74, 6) is -1.07. The number of fused-ring (bicyclic) bond motifs is 1. The van der Waals surface area contributed by atoms with Gasteiger partial charge in [0.15, 0.2) is 11.2 Å². The number of allylic oxidation sites excluding steroid dienone is 3. The summed E-state index contributed by atoms with van der Waals surface area (Å²) in [5.41, 5.74) is 0.802. The number of carbonyl (C=O) groups is 1. The van der Waals surface area contributed by atoms with Crippen LogP contribution in [0.1, 0.15) is 26.2 Å². The van der Waals surface area contributed by atoms with Gasteiger partial charge in [-0.2, -0.15) is 4.98 Å². The number of hydrogen-bond acceptors (Lipinski definition) is 6. The Balaban J connectivity index is 0.00000100. The lowest BCUT2D eigenvalue weighted by Crippen LogP contribution is -2.01. The molecule has 0 atom stereocenters. The van der Waals surface area contributed by atoms with E-state index in [-0.39, 0.29) is 23.6 Å². The highest BCUT2D eigenvalue weighted by Crippen LogP contribution is 2.27. The van der Waals surface area contributed by atoms with E-state index in [1.165, 1.54) is 12.2 Å². The van der Waals surface area contributed by atoms with Gasteiger partial charge in [0.25, 0.3) is 5.70 Å². The number of hydrogen-bond donors (Lipinski definition) is 1. The van der Waals surface area contributed by atoms with E-state index in [1.807, 2.05) is 13.8 Å². The normalized spacial score (nSPS) is 13.8. The van der Waals surface area contributed by atoms with Crippen LogP contribution < -0.4 is 0 Å². The van der Waals surface area contributed by atoms with Crippen LogP contribution in [0.4, 0.5) is 0 Å². The Morgan fingerprint density at radius 3 is 2.75 bits per heavy atom. The molecule has 3 rings (SSSR count). The van der Waals surface area contributed by atoms with Gasteiger partial charge in [-0.05, 0) is 24.3 Å². The molecule has 0 fully saturated rings. The maximum absolute atomic E-state index is 11.2. The Bertz CT molecular complexity index is 844. The lowest BCUT2D eigenvalue weighted by Gasteiger charge is -1.97. The summed E-state index contributed by atoms with van der Waals surface area (Å²) in [6, 6.07) is 3.37. The molecule has 2 aromatic heterocycles. The fourth-order valence-electron chi connectivity index (χ4n) is 2.03. The van der Waals surface area contributed by atoms with Crippen molar-refractivity contribution >= 4 is 22.8 Å². The van der Waals surface area contributed by atoms with E-state index < -0.39 is 10.9 Å². The van der Waals surface area contributed by atoms with Gasteiger partial charge < -0.3 is 9.52 Å². The molecular weight excluding hydrogens is 314 g/mol. The molecule has 0 radical (unpaired) electrons. The number of nitro groups is 1. The lowest BCUT2D eigenvalue weighted by atomic mass is 10.1. The molecule has 0 bridgehead atoms. The Hall–Kier alpha value is -3.29. The minimum Gasteiger partial charge on any atom is -0.478 e. The topological polar surface area (TPSA) is 119 Å². The summed E-state index contributed by atoms with van der Waals surface area (Å²) in [6.45, 7) is 4.00. The zero-order valence-electron chi connectivity index (χ0n) is 13.1. The Kier molecular flexibility index (Phi) is 5.20. The molecule has 0 spiro atoms. The van der Waals surface area contributed by atoms with E-state index >= 15 is 0 Å². The Morgan fingerprint density at radius 2 is 2.12 bits per heavy atom. The summed E-state index contributed by atoms with van der Waals surface area (Å²) in [4.78, 5) is 29.7. The average molecular weight is 329 g/mol. The number of rotatable bonds is 3. The largest absolute Gasteiger partial charge is 0.478 e. The molecule has 0 saturated heterocycles.